The lowest BCUT2D eigenvalue weighted by atomic mass is 10.2. The van der Waals surface area contributed by atoms with Crippen LogP contribution in [-0.4, -0.2) is 11.9 Å². The minimum absolute atomic E-state index is 0.0626. The summed E-state index contributed by atoms with van der Waals surface area (Å²) in [6.07, 6.45) is 0.639. The fourth-order valence-corrected chi connectivity index (χ4v) is 1.98. The summed E-state index contributed by atoms with van der Waals surface area (Å²) < 4.78 is 18.2. The molecule has 0 bridgehead atoms. The standard InChI is InChI=1S/C18H18FNO3/c19-15-9-4-5-10-16(15)23-18(22)12-6-11-17(21)20-13-14-7-2-1-3-8-14/h1-5,7-10H,6,11-13H2,(H,20,21). The molecule has 0 saturated heterocycles. The Kier molecular flexibility index (Phi) is 6.29. The molecule has 0 unspecified atom stereocenters. The first-order chi connectivity index (χ1) is 11.1. The molecule has 120 valence electrons. The molecule has 5 heteroatoms. The molecule has 0 fully saturated rings. The van der Waals surface area contributed by atoms with Crippen LogP contribution in [0.4, 0.5) is 4.39 Å². The number of ether oxygens (including phenoxy) is 1. The number of esters is 1. The summed E-state index contributed by atoms with van der Waals surface area (Å²) in [5.74, 6) is -1.36. The molecule has 0 aliphatic heterocycles. The third-order valence-corrected chi connectivity index (χ3v) is 3.18. The molecular weight excluding hydrogens is 297 g/mol. The number of para-hydroxylation sites is 1. The zero-order chi connectivity index (χ0) is 16.5. The quantitative estimate of drug-likeness (QED) is 0.630. The van der Waals surface area contributed by atoms with Gasteiger partial charge in [0, 0.05) is 19.4 Å². The number of hydrogen-bond acceptors (Lipinski definition) is 3. The molecule has 1 N–H and O–H groups in total. The van der Waals surface area contributed by atoms with Crippen molar-refractivity contribution < 1.29 is 18.7 Å². The largest absolute Gasteiger partial charge is 0.423 e. The Balaban J connectivity index is 1.65. The number of rotatable bonds is 7. The SMILES string of the molecule is O=C(CCCC(=O)Oc1ccccc1F)NCc1ccccc1. The minimum atomic E-state index is -0.582. The van der Waals surface area contributed by atoms with Crippen LogP contribution in [0.25, 0.3) is 0 Å². The normalized spacial score (nSPS) is 10.1. The lowest BCUT2D eigenvalue weighted by Gasteiger charge is -2.06. The lowest BCUT2D eigenvalue weighted by Crippen LogP contribution is -2.22. The highest BCUT2D eigenvalue weighted by molar-refractivity contribution is 5.77. The Morgan fingerprint density at radius 3 is 2.39 bits per heavy atom. The second-order valence-electron chi connectivity index (χ2n) is 5.02. The summed E-state index contributed by atoms with van der Waals surface area (Å²) in [7, 11) is 0. The van der Waals surface area contributed by atoms with Crippen LogP contribution in [-0.2, 0) is 16.1 Å². The van der Waals surface area contributed by atoms with Gasteiger partial charge in [-0.3, -0.25) is 9.59 Å². The van der Waals surface area contributed by atoms with Crippen LogP contribution in [0, 0.1) is 5.82 Å². The Labute approximate surface area is 134 Å². The topological polar surface area (TPSA) is 55.4 Å². The monoisotopic (exact) mass is 315 g/mol. The Hall–Kier alpha value is -2.69. The van der Waals surface area contributed by atoms with Crippen molar-refractivity contribution in [1.29, 1.82) is 0 Å². The van der Waals surface area contributed by atoms with E-state index in [1.807, 2.05) is 30.3 Å². The van der Waals surface area contributed by atoms with Crippen molar-refractivity contribution >= 4 is 11.9 Å². The van der Waals surface area contributed by atoms with E-state index in [-0.39, 0.29) is 24.5 Å². The Morgan fingerprint density at radius 1 is 0.957 bits per heavy atom. The number of amides is 1. The Bertz CT molecular complexity index is 658. The van der Waals surface area contributed by atoms with Crippen molar-refractivity contribution in [2.75, 3.05) is 0 Å². The Morgan fingerprint density at radius 2 is 1.65 bits per heavy atom. The van der Waals surface area contributed by atoms with Crippen molar-refractivity contribution in [2.45, 2.75) is 25.8 Å². The molecule has 0 aliphatic carbocycles. The van der Waals surface area contributed by atoms with Gasteiger partial charge in [-0.2, -0.15) is 0 Å². The van der Waals surface area contributed by atoms with Crippen molar-refractivity contribution in [2.24, 2.45) is 0 Å². The van der Waals surface area contributed by atoms with Gasteiger partial charge in [0.25, 0.3) is 0 Å². The zero-order valence-electron chi connectivity index (χ0n) is 12.6. The maximum atomic E-state index is 13.3. The van der Waals surface area contributed by atoms with Gasteiger partial charge in [0.1, 0.15) is 0 Å². The third-order valence-electron chi connectivity index (χ3n) is 3.18. The smallest absolute Gasteiger partial charge is 0.311 e. The number of carbonyl (C=O) groups excluding carboxylic acids is 2. The highest BCUT2D eigenvalue weighted by Crippen LogP contribution is 2.16. The summed E-state index contributed by atoms with van der Waals surface area (Å²) in [6.45, 7) is 0.458. The van der Waals surface area contributed by atoms with Gasteiger partial charge in [0.05, 0.1) is 0 Å². The summed E-state index contributed by atoms with van der Waals surface area (Å²) in [5, 5.41) is 2.78. The van der Waals surface area contributed by atoms with E-state index in [0.717, 1.165) is 5.56 Å². The summed E-state index contributed by atoms with van der Waals surface area (Å²) in [6, 6.07) is 15.3. The molecular formula is C18H18FNO3. The van der Waals surface area contributed by atoms with Crippen LogP contribution >= 0.6 is 0 Å². The van der Waals surface area contributed by atoms with Gasteiger partial charge in [-0.15, -0.1) is 0 Å². The van der Waals surface area contributed by atoms with E-state index >= 15 is 0 Å². The van der Waals surface area contributed by atoms with Crippen LogP contribution < -0.4 is 10.1 Å². The number of hydrogen-bond donors (Lipinski definition) is 1. The maximum Gasteiger partial charge on any atom is 0.311 e. The third kappa shape index (κ3) is 5.90. The van der Waals surface area contributed by atoms with E-state index in [2.05, 4.69) is 5.32 Å². The molecule has 2 rings (SSSR count). The predicted octanol–water partition coefficient (Wildman–Crippen LogP) is 3.22. The van der Waals surface area contributed by atoms with Crippen molar-refractivity contribution in [3.05, 3.63) is 66.0 Å². The zero-order valence-corrected chi connectivity index (χ0v) is 12.6. The molecule has 1 amide bonds. The average molecular weight is 315 g/mol. The van der Waals surface area contributed by atoms with Gasteiger partial charge in [-0.05, 0) is 24.1 Å². The van der Waals surface area contributed by atoms with Gasteiger partial charge in [-0.1, -0.05) is 42.5 Å². The highest BCUT2D eigenvalue weighted by Gasteiger charge is 2.10. The van der Waals surface area contributed by atoms with Gasteiger partial charge >= 0.3 is 5.97 Å². The van der Waals surface area contributed by atoms with Gasteiger partial charge in [0.2, 0.25) is 5.91 Å². The van der Waals surface area contributed by atoms with Crippen molar-refractivity contribution in [3.63, 3.8) is 0 Å². The van der Waals surface area contributed by atoms with Gasteiger partial charge in [0.15, 0.2) is 11.6 Å². The predicted molar refractivity (Wildman–Crippen MR) is 84.2 cm³/mol. The first-order valence-electron chi connectivity index (χ1n) is 7.41. The second-order valence-corrected chi connectivity index (χ2v) is 5.02. The molecule has 2 aromatic carbocycles. The first-order valence-corrected chi connectivity index (χ1v) is 7.41. The van der Waals surface area contributed by atoms with Crippen LogP contribution in [0.5, 0.6) is 5.75 Å². The molecule has 0 spiro atoms. The van der Waals surface area contributed by atoms with E-state index in [1.165, 1.54) is 18.2 Å². The molecule has 0 heterocycles. The molecule has 0 saturated carbocycles. The van der Waals surface area contributed by atoms with Gasteiger partial charge in [-0.25, -0.2) is 4.39 Å². The fraction of sp³-hybridized carbons (Fsp3) is 0.222. The minimum Gasteiger partial charge on any atom is -0.423 e. The molecule has 2 aromatic rings. The number of carbonyl (C=O) groups is 2. The average Bonchev–Trinajstić information content (AvgIpc) is 2.56. The van der Waals surface area contributed by atoms with Crippen LogP contribution in [0.15, 0.2) is 54.6 Å². The molecule has 0 radical (unpaired) electrons. The molecule has 0 aromatic heterocycles. The summed E-state index contributed by atoms with van der Waals surface area (Å²) >= 11 is 0. The highest BCUT2D eigenvalue weighted by atomic mass is 19.1. The van der Waals surface area contributed by atoms with E-state index in [4.69, 9.17) is 4.74 Å². The van der Waals surface area contributed by atoms with E-state index in [1.54, 1.807) is 6.07 Å². The number of benzene rings is 2. The maximum absolute atomic E-state index is 13.3. The lowest BCUT2D eigenvalue weighted by molar-refractivity contribution is -0.134. The van der Waals surface area contributed by atoms with Crippen LogP contribution in [0.1, 0.15) is 24.8 Å². The van der Waals surface area contributed by atoms with E-state index in [9.17, 15) is 14.0 Å². The number of halogens is 1. The second kappa shape index (κ2) is 8.68. The molecule has 0 atom stereocenters. The fourth-order valence-electron chi connectivity index (χ4n) is 1.98. The summed E-state index contributed by atoms with van der Waals surface area (Å²) in [5.41, 5.74) is 1.01. The van der Waals surface area contributed by atoms with Gasteiger partial charge < -0.3 is 10.1 Å². The van der Waals surface area contributed by atoms with Crippen LogP contribution in [0.3, 0.4) is 0 Å². The van der Waals surface area contributed by atoms with E-state index < -0.39 is 11.8 Å². The molecule has 4 nitrogen and oxygen atoms in total. The molecule has 0 aliphatic rings. The first kappa shape index (κ1) is 16.7. The van der Waals surface area contributed by atoms with E-state index in [0.29, 0.717) is 13.0 Å². The van der Waals surface area contributed by atoms with Crippen molar-refractivity contribution in [3.8, 4) is 5.75 Å². The molecule has 23 heavy (non-hydrogen) atoms. The number of nitrogens with one attached hydrogen (secondary N) is 1. The van der Waals surface area contributed by atoms with Crippen molar-refractivity contribution in [1.82, 2.24) is 5.32 Å². The summed E-state index contributed by atoms with van der Waals surface area (Å²) in [4.78, 5) is 23.3. The van der Waals surface area contributed by atoms with Crippen LogP contribution in [0.2, 0.25) is 0 Å².